The van der Waals surface area contributed by atoms with Gasteiger partial charge in [0.15, 0.2) is 5.82 Å². The maximum Gasteiger partial charge on any atom is 0.163 e. The van der Waals surface area contributed by atoms with Crippen LogP contribution in [0.5, 0.6) is 0 Å². The van der Waals surface area contributed by atoms with Crippen molar-refractivity contribution in [3.8, 4) is 5.82 Å². The van der Waals surface area contributed by atoms with Crippen LogP contribution in [0.4, 0.5) is 5.82 Å². The largest absolute Gasteiger partial charge is 0.370 e. The van der Waals surface area contributed by atoms with Crippen LogP contribution in [0.2, 0.25) is 0 Å². The first kappa shape index (κ1) is 10.5. The summed E-state index contributed by atoms with van der Waals surface area (Å²) in [6.45, 7) is 4.94. The quantitative estimate of drug-likeness (QED) is 0.830. The summed E-state index contributed by atoms with van der Waals surface area (Å²) in [5.41, 5.74) is 1.05. The van der Waals surface area contributed by atoms with Gasteiger partial charge in [0.1, 0.15) is 24.8 Å². The van der Waals surface area contributed by atoms with Crippen molar-refractivity contribution in [3.63, 3.8) is 0 Å². The SMILES string of the molecule is CCNc1ncnc(-n2cncn2)c1CC. The molecule has 0 radical (unpaired) electrons. The normalized spacial score (nSPS) is 10.4. The predicted octanol–water partition coefficient (Wildman–Crippen LogP) is 1.05. The zero-order valence-electron chi connectivity index (χ0n) is 9.38. The van der Waals surface area contributed by atoms with E-state index in [2.05, 4.69) is 32.3 Å². The molecule has 2 rings (SSSR count). The van der Waals surface area contributed by atoms with Crippen LogP contribution in [0.15, 0.2) is 19.0 Å². The lowest BCUT2D eigenvalue weighted by Crippen LogP contribution is -2.09. The van der Waals surface area contributed by atoms with Gasteiger partial charge in [-0.15, -0.1) is 0 Å². The van der Waals surface area contributed by atoms with Gasteiger partial charge in [-0.05, 0) is 13.3 Å². The van der Waals surface area contributed by atoms with Gasteiger partial charge in [0.25, 0.3) is 0 Å². The molecule has 0 aromatic carbocycles. The number of rotatable bonds is 4. The van der Waals surface area contributed by atoms with Crippen molar-refractivity contribution in [2.24, 2.45) is 0 Å². The molecule has 6 heteroatoms. The number of aromatic nitrogens is 5. The molecular formula is C10H14N6. The third kappa shape index (κ3) is 1.86. The molecule has 16 heavy (non-hydrogen) atoms. The Morgan fingerprint density at radius 1 is 1.25 bits per heavy atom. The van der Waals surface area contributed by atoms with Crippen molar-refractivity contribution in [1.82, 2.24) is 24.7 Å². The Morgan fingerprint density at radius 3 is 2.75 bits per heavy atom. The minimum Gasteiger partial charge on any atom is -0.370 e. The summed E-state index contributed by atoms with van der Waals surface area (Å²) in [6, 6.07) is 0. The van der Waals surface area contributed by atoms with E-state index in [0.717, 1.165) is 30.2 Å². The highest BCUT2D eigenvalue weighted by molar-refractivity contribution is 5.51. The Bertz CT molecular complexity index is 450. The van der Waals surface area contributed by atoms with Gasteiger partial charge in [-0.3, -0.25) is 0 Å². The molecule has 2 heterocycles. The Hall–Kier alpha value is -1.98. The second-order valence-electron chi connectivity index (χ2n) is 3.25. The summed E-state index contributed by atoms with van der Waals surface area (Å²) in [5, 5.41) is 7.30. The number of hydrogen-bond donors (Lipinski definition) is 1. The van der Waals surface area contributed by atoms with Gasteiger partial charge in [-0.25, -0.2) is 19.6 Å². The van der Waals surface area contributed by atoms with E-state index >= 15 is 0 Å². The van der Waals surface area contributed by atoms with Crippen LogP contribution in [0.25, 0.3) is 5.82 Å². The molecule has 0 saturated carbocycles. The topological polar surface area (TPSA) is 68.5 Å². The van der Waals surface area contributed by atoms with Gasteiger partial charge in [0, 0.05) is 12.1 Å². The highest BCUT2D eigenvalue weighted by Gasteiger charge is 2.10. The molecule has 0 bridgehead atoms. The van der Waals surface area contributed by atoms with Gasteiger partial charge >= 0.3 is 0 Å². The maximum absolute atomic E-state index is 4.24. The van der Waals surface area contributed by atoms with Gasteiger partial charge in [-0.1, -0.05) is 6.92 Å². The fourth-order valence-electron chi connectivity index (χ4n) is 1.56. The molecular weight excluding hydrogens is 204 g/mol. The van der Waals surface area contributed by atoms with Crippen LogP contribution < -0.4 is 5.32 Å². The highest BCUT2D eigenvalue weighted by Crippen LogP contribution is 2.18. The lowest BCUT2D eigenvalue weighted by atomic mass is 10.2. The van der Waals surface area contributed by atoms with Gasteiger partial charge < -0.3 is 5.32 Å². The minimum atomic E-state index is 0.783. The molecule has 0 aliphatic heterocycles. The molecule has 0 spiro atoms. The summed E-state index contributed by atoms with van der Waals surface area (Å²) in [6.07, 6.45) is 5.51. The maximum atomic E-state index is 4.24. The van der Waals surface area contributed by atoms with Crippen molar-refractivity contribution < 1.29 is 0 Å². The van der Waals surface area contributed by atoms with Crippen LogP contribution >= 0.6 is 0 Å². The average molecular weight is 218 g/mol. The number of anilines is 1. The van der Waals surface area contributed by atoms with Gasteiger partial charge in [0.2, 0.25) is 0 Å². The zero-order valence-corrected chi connectivity index (χ0v) is 9.38. The molecule has 0 aliphatic rings. The summed E-state index contributed by atoms with van der Waals surface area (Å²) in [7, 11) is 0. The Morgan fingerprint density at radius 2 is 2.12 bits per heavy atom. The van der Waals surface area contributed by atoms with E-state index in [9.17, 15) is 0 Å². The first-order valence-electron chi connectivity index (χ1n) is 5.29. The molecule has 2 aromatic rings. The molecule has 0 saturated heterocycles. The van der Waals surface area contributed by atoms with E-state index in [4.69, 9.17) is 0 Å². The van der Waals surface area contributed by atoms with Crippen LogP contribution in [0.3, 0.4) is 0 Å². The third-order valence-corrected chi connectivity index (χ3v) is 2.26. The van der Waals surface area contributed by atoms with E-state index in [1.54, 1.807) is 11.0 Å². The Balaban J connectivity index is 2.49. The minimum absolute atomic E-state index is 0.783. The monoisotopic (exact) mass is 218 g/mol. The Kier molecular flexibility index (Phi) is 3.09. The third-order valence-electron chi connectivity index (χ3n) is 2.26. The highest BCUT2D eigenvalue weighted by atomic mass is 15.3. The van der Waals surface area contributed by atoms with Gasteiger partial charge in [-0.2, -0.15) is 5.10 Å². The van der Waals surface area contributed by atoms with E-state index in [-0.39, 0.29) is 0 Å². The number of nitrogens with one attached hydrogen (secondary N) is 1. The van der Waals surface area contributed by atoms with E-state index in [0.29, 0.717) is 0 Å². The molecule has 6 nitrogen and oxygen atoms in total. The van der Waals surface area contributed by atoms with Crippen LogP contribution in [-0.2, 0) is 6.42 Å². The average Bonchev–Trinajstić information content (AvgIpc) is 2.82. The number of nitrogens with zero attached hydrogens (tertiary/aromatic N) is 5. The molecule has 0 amide bonds. The van der Waals surface area contributed by atoms with Crippen molar-refractivity contribution in [2.75, 3.05) is 11.9 Å². The molecule has 0 fully saturated rings. The van der Waals surface area contributed by atoms with E-state index in [1.807, 2.05) is 6.92 Å². The van der Waals surface area contributed by atoms with E-state index in [1.165, 1.54) is 12.7 Å². The molecule has 84 valence electrons. The fraction of sp³-hybridized carbons (Fsp3) is 0.400. The van der Waals surface area contributed by atoms with Gasteiger partial charge in [0.05, 0.1) is 0 Å². The molecule has 1 N–H and O–H groups in total. The molecule has 0 aliphatic carbocycles. The second-order valence-corrected chi connectivity index (χ2v) is 3.25. The smallest absolute Gasteiger partial charge is 0.163 e. The van der Waals surface area contributed by atoms with Crippen LogP contribution in [-0.4, -0.2) is 31.3 Å². The van der Waals surface area contributed by atoms with Crippen molar-refractivity contribution >= 4 is 5.82 Å². The summed E-state index contributed by atoms with van der Waals surface area (Å²) in [5.74, 6) is 1.65. The lowest BCUT2D eigenvalue weighted by Gasteiger charge is -2.11. The van der Waals surface area contributed by atoms with Crippen molar-refractivity contribution in [2.45, 2.75) is 20.3 Å². The van der Waals surface area contributed by atoms with E-state index < -0.39 is 0 Å². The fourth-order valence-corrected chi connectivity index (χ4v) is 1.56. The van der Waals surface area contributed by atoms with Crippen molar-refractivity contribution in [3.05, 3.63) is 24.5 Å². The molecule has 0 atom stereocenters. The second kappa shape index (κ2) is 4.69. The first-order valence-corrected chi connectivity index (χ1v) is 5.29. The zero-order chi connectivity index (χ0) is 11.4. The summed E-state index contributed by atoms with van der Waals surface area (Å²) < 4.78 is 1.65. The Labute approximate surface area is 93.8 Å². The van der Waals surface area contributed by atoms with Crippen molar-refractivity contribution in [1.29, 1.82) is 0 Å². The predicted molar refractivity (Wildman–Crippen MR) is 60.5 cm³/mol. The van der Waals surface area contributed by atoms with Crippen LogP contribution in [0, 0.1) is 0 Å². The standard InChI is InChI=1S/C10H14N6/c1-3-8-9(12-4-2)13-6-14-10(8)16-7-11-5-15-16/h5-7H,3-4H2,1-2H3,(H,12,13,14). The first-order chi connectivity index (χ1) is 7.86. The summed E-state index contributed by atoms with van der Waals surface area (Å²) in [4.78, 5) is 12.4. The molecule has 0 unspecified atom stereocenters. The summed E-state index contributed by atoms with van der Waals surface area (Å²) >= 11 is 0. The lowest BCUT2D eigenvalue weighted by molar-refractivity contribution is 0.816. The molecule has 2 aromatic heterocycles. The van der Waals surface area contributed by atoms with Crippen LogP contribution in [0.1, 0.15) is 19.4 Å². The number of hydrogen-bond acceptors (Lipinski definition) is 5.